The normalized spacial score (nSPS) is 12.6. The number of nitrogens with two attached hydrogens (primary N) is 1. The summed E-state index contributed by atoms with van der Waals surface area (Å²) in [6.45, 7) is 8.34. The first-order chi connectivity index (χ1) is 7.13. The lowest BCUT2D eigenvalue weighted by Crippen LogP contribution is -2.15. The maximum absolute atomic E-state index is 5.47. The molecule has 4 nitrogen and oxygen atoms in total. The number of hydrogen-bond donors (Lipinski definition) is 2. The van der Waals surface area contributed by atoms with E-state index >= 15 is 0 Å². The average molecular weight is 208 g/mol. The van der Waals surface area contributed by atoms with Gasteiger partial charge in [-0.05, 0) is 19.8 Å². The highest BCUT2D eigenvalue weighted by molar-refractivity contribution is 5.45. The Balaban J connectivity index is 3.19. The third kappa shape index (κ3) is 2.45. The fourth-order valence-electron chi connectivity index (χ4n) is 1.56. The van der Waals surface area contributed by atoms with Crippen LogP contribution in [0.4, 0.5) is 5.82 Å². The first-order valence-corrected chi connectivity index (χ1v) is 5.48. The molecule has 4 heteroatoms. The van der Waals surface area contributed by atoms with E-state index in [4.69, 9.17) is 5.84 Å². The molecule has 0 fully saturated rings. The van der Waals surface area contributed by atoms with E-state index in [1.807, 2.05) is 6.92 Å². The van der Waals surface area contributed by atoms with E-state index in [0.29, 0.717) is 5.92 Å². The number of nitrogens with zero attached hydrogens (tertiary/aromatic N) is 2. The van der Waals surface area contributed by atoms with Crippen molar-refractivity contribution in [3.05, 3.63) is 17.1 Å². The van der Waals surface area contributed by atoms with Crippen molar-refractivity contribution in [2.24, 2.45) is 5.84 Å². The second kappa shape index (κ2) is 5.07. The molecule has 3 N–H and O–H groups in total. The van der Waals surface area contributed by atoms with Crippen LogP contribution >= 0.6 is 0 Å². The molecule has 1 heterocycles. The van der Waals surface area contributed by atoms with Crippen LogP contribution < -0.4 is 11.3 Å². The summed E-state index contributed by atoms with van der Waals surface area (Å²) < 4.78 is 0. The van der Waals surface area contributed by atoms with Gasteiger partial charge in [-0.1, -0.05) is 20.8 Å². The van der Waals surface area contributed by atoms with Gasteiger partial charge < -0.3 is 5.43 Å². The molecule has 0 aliphatic rings. The summed E-state index contributed by atoms with van der Waals surface area (Å²) >= 11 is 0. The number of aromatic nitrogens is 2. The van der Waals surface area contributed by atoms with Crippen molar-refractivity contribution in [1.82, 2.24) is 9.97 Å². The van der Waals surface area contributed by atoms with Crippen LogP contribution in [0.15, 0.2) is 0 Å². The molecule has 0 radical (unpaired) electrons. The number of anilines is 1. The number of rotatable bonds is 4. The first kappa shape index (κ1) is 11.9. The smallest absolute Gasteiger partial charge is 0.147 e. The van der Waals surface area contributed by atoms with Gasteiger partial charge in [0.05, 0.1) is 0 Å². The third-order valence-corrected chi connectivity index (χ3v) is 2.77. The Kier molecular flexibility index (Phi) is 4.03. The summed E-state index contributed by atoms with van der Waals surface area (Å²) in [7, 11) is 0. The van der Waals surface area contributed by atoms with Crippen LogP contribution in [0.2, 0.25) is 0 Å². The lowest BCUT2D eigenvalue weighted by atomic mass is 10.1. The maximum Gasteiger partial charge on any atom is 0.147 e. The van der Waals surface area contributed by atoms with E-state index in [1.165, 1.54) is 0 Å². The summed E-state index contributed by atoms with van der Waals surface area (Å²) in [6.07, 6.45) is 1.93. The predicted octanol–water partition coefficient (Wildman–Crippen LogP) is 2.15. The zero-order valence-corrected chi connectivity index (χ0v) is 9.96. The minimum absolute atomic E-state index is 0.377. The van der Waals surface area contributed by atoms with E-state index in [0.717, 1.165) is 35.7 Å². The van der Waals surface area contributed by atoms with E-state index in [9.17, 15) is 0 Å². The number of hydrazine groups is 1. The fourth-order valence-corrected chi connectivity index (χ4v) is 1.56. The van der Waals surface area contributed by atoms with Crippen molar-refractivity contribution < 1.29 is 0 Å². The fraction of sp³-hybridized carbons (Fsp3) is 0.636. The summed E-state index contributed by atoms with van der Waals surface area (Å²) in [5.41, 5.74) is 4.78. The van der Waals surface area contributed by atoms with Gasteiger partial charge in [0.1, 0.15) is 11.6 Å². The molecule has 1 rings (SSSR count). The maximum atomic E-state index is 5.47. The largest absolute Gasteiger partial charge is 0.308 e. The van der Waals surface area contributed by atoms with Crippen LogP contribution in [0.3, 0.4) is 0 Å². The lowest BCUT2D eigenvalue weighted by molar-refractivity contribution is 0.672. The molecular formula is C11H20N4. The van der Waals surface area contributed by atoms with Gasteiger partial charge in [0.25, 0.3) is 0 Å². The molecule has 0 aliphatic heterocycles. The lowest BCUT2D eigenvalue weighted by Gasteiger charge is -2.14. The van der Waals surface area contributed by atoms with E-state index in [1.54, 1.807) is 0 Å². The van der Waals surface area contributed by atoms with Crippen LogP contribution in [0.25, 0.3) is 0 Å². The Morgan fingerprint density at radius 3 is 2.47 bits per heavy atom. The molecule has 0 saturated heterocycles. The van der Waals surface area contributed by atoms with E-state index in [-0.39, 0.29) is 0 Å². The zero-order valence-electron chi connectivity index (χ0n) is 9.96. The summed E-state index contributed by atoms with van der Waals surface area (Å²) in [6, 6.07) is 0. The number of nitrogen functional groups attached to an aromatic ring is 1. The van der Waals surface area contributed by atoms with Crippen LogP contribution in [-0.4, -0.2) is 9.97 Å². The van der Waals surface area contributed by atoms with Gasteiger partial charge >= 0.3 is 0 Å². The topological polar surface area (TPSA) is 63.8 Å². The van der Waals surface area contributed by atoms with Gasteiger partial charge in [-0.2, -0.15) is 0 Å². The molecule has 15 heavy (non-hydrogen) atoms. The minimum atomic E-state index is 0.377. The molecule has 1 aromatic heterocycles. The number of aryl methyl sites for hydroxylation is 1. The monoisotopic (exact) mass is 208 g/mol. The van der Waals surface area contributed by atoms with Crippen molar-refractivity contribution in [3.63, 3.8) is 0 Å². The second-order valence-corrected chi connectivity index (χ2v) is 3.80. The average Bonchev–Trinajstić information content (AvgIpc) is 2.26. The molecule has 0 aliphatic carbocycles. The molecule has 0 saturated carbocycles. The highest BCUT2D eigenvalue weighted by Crippen LogP contribution is 2.21. The van der Waals surface area contributed by atoms with Crippen LogP contribution in [-0.2, 0) is 6.42 Å². The van der Waals surface area contributed by atoms with Crippen LogP contribution in [0, 0.1) is 6.92 Å². The highest BCUT2D eigenvalue weighted by atomic mass is 15.3. The van der Waals surface area contributed by atoms with Gasteiger partial charge in [0, 0.05) is 17.2 Å². The Morgan fingerprint density at radius 2 is 2.00 bits per heavy atom. The Bertz CT molecular complexity index is 336. The van der Waals surface area contributed by atoms with Gasteiger partial charge in [0.15, 0.2) is 0 Å². The first-order valence-electron chi connectivity index (χ1n) is 5.48. The molecule has 1 atom stereocenters. The second-order valence-electron chi connectivity index (χ2n) is 3.80. The highest BCUT2D eigenvalue weighted by Gasteiger charge is 2.12. The van der Waals surface area contributed by atoms with Gasteiger partial charge in [-0.25, -0.2) is 15.8 Å². The van der Waals surface area contributed by atoms with Crippen molar-refractivity contribution in [3.8, 4) is 0 Å². The predicted molar refractivity (Wildman–Crippen MR) is 62.7 cm³/mol. The SMILES string of the molecule is CCc1c(C)nc(C(C)CC)nc1NN. The van der Waals surface area contributed by atoms with E-state index in [2.05, 4.69) is 36.2 Å². The Hall–Kier alpha value is -1.16. The van der Waals surface area contributed by atoms with Crippen molar-refractivity contribution in [2.45, 2.75) is 46.5 Å². The van der Waals surface area contributed by atoms with Crippen LogP contribution in [0.5, 0.6) is 0 Å². The summed E-state index contributed by atoms with van der Waals surface area (Å²) in [4.78, 5) is 8.96. The van der Waals surface area contributed by atoms with E-state index < -0.39 is 0 Å². The van der Waals surface area contributed by atoms with Crippen LogP contribution in [0.1, 0.15) is 50.2 Å². The van der Waals surface area contributed by atoms with Gasteiger partial charge in [0.2, 0.25) is 0 Å². The standard InChI is InChI=1S/C11H20N4/c1-5-7(3)10-13-8(4)9(6-2)11(14-10)15-12/h7H,5-6,12H2,1-4H3,(H,13,14,15). The number of nitrogens with one attached hydrogen (secondary N) is 1. The summed E-state index contributed by atoms with van der Waals surface area (Å²) in [5.74, 6) is 7.48. The Morgan fingerprint density at radius 1 is 1.33 bits per heavy atom. The molecular weight excluding hydrogens is 188 g/mol. The Labute approximate surface area is 91.3 Å². The summed E-state index contributed by atoms with van der Waals surface area (Å²) in [5, 5.41) is 0. The molecule has 0 aromatic carbocycles. The molecule has 0 spiro atoms. The van der Waals surface area contributed by atoms with Crippen molar-refractivity contribution in [1.29, 1.82) is 0 Å². The van der Waals surface area contributed by atoms with Gasteiger partial charge in [-0.3, -0.25) is 0 Å². The zero-order chi connectivity index (χ0) is 11.4. The molecule has 84 valence electrons. The third-order valence-electron chi connectivity index (χ3n) is 2.77. The van der Waals surface area contributed by atoms with Crippen molar-refractivity contribution in [2.75, 3.05) is 5.43 Å². The van der Waals surface area contributed by atoms with Gasteiger partial charge in [-0.15, -0.1) is 0 Å². The molecule has 0 amide bonds. The van der Waals surface area contributed by atoms with Crippen molar-refractivity contribution >= 4 is 5.82 Å². The molecule has 1 unspecified atom stereocenters. The minimum Gasteiger partial charge on any atom is -0.308 e. The molecule has 1 aromatic rings. The quantitative estimate of drug-likeness (QED) is 0.588. The molecule has 0 bridgehead atoms. The number of hydrogen-bond acceptors (Lipinski definition) is 4.